The summed E-state index contributed by atoms with van der Waals surface area (Å²) in [6.45, 7) is 1.94. The summed E-state index contributed by atoms with van der Waals surface area (Å²) in [4.78, 5) is 25.0. The lowest BCUT2D eigenvalue weighted by atomic mass is 9.88. The van der Waals surface area contributed by atoms with Crippen molar-refractivity contribution in [1.29, 1.82) is 0 Å². The van der Waals surface area contributed by atoms with E-state index in [4.69, 9.17) is 11.5 Å². The van der Waals surface area contributed by atoms with E-state index in [-0.39, 0.29) is 36.5 Å². The molecule has 0 radical (unpaired) electrons. The molecule has 3 unspecified atom stereocenters. The average molecular weight is 278 g/mol. The Hall–Kier alpha value is -1.70. The van der Waals surface area contributed by atoms with E-state index in [1.165, 1.54) is 0 Å². The molecule has 2 N–H and O–H groups in total. The molecule has 0 aromatic heterocycles. The van der Waals surface area contributed by atoms with Crippen LogP contribution in [0.15, 0.2) is 0 Å². The van der Waals surface area contributed by atoms with E-state index in [0.29, 0.717) is 6.42 Å². The second kappa shape index (κ2) is 6.17. The monoisotopic (exact) mass is 278 g/mol. The number of rotatable bonds is 4. The van der Waals surface area contributed by atoms with Crippen molar-refractivity contribution in [1.82, 2.24) is 10.2 Å². The maximum atomic E-state index is 12.3. The average Bonchev–Trinajstić information content (AvgIpc) is 2.67. The van der Waals surface area contributed by atoms with Crippen LogP contribution in [-0.2, 0) is 4.79 Å². The van der Waals surface area contributed by atoms with Crippen molar-refractivity contribution in [2.24, 2.45) is 5.92 Å². The van der Waals surface area contributed by atoms with Crippen LogP contribution >= 0.6 is 0 Å². The standard InChI is InChI=1S/C15H22N2O3/c1-3-11(4-2)16-15(20)17-12-5-6-13(17)8-10(7-12)9-14(18)19/h1,10-13H,4-9H2,2H3,(H,16,20)(H,18,19). The molecule has 2 amide bonds. The quantitative estimate of drug-likeness (QED) is 0.771. The van der Waals surface area contributed by atoms with Gasteiger partial charge in [-0.3, -0.25) is 4.79 Å². The fraction of sp³-hybridized carbons (Fsp3) is 0.733. The fourth-order valence-corrected chi connectivity index (χ4v) is 3.52. The molecule has 110 valence electrons. The lowest BCUT2D eigenvalue weighted by Gasteiger charge is -2.39. The molecular formula is C15H22N2O3. The zero-order valence-corrected chi connectivity index (χ0v) is 11.8. The van der Waals surface area contributed by atoms with Gasteiger partial charge in [0.1, 0.15) is 0 Å². The molecule has 0 aromatic carbocycles. The molecule has 3 atom stereocenters. The third-order valence-electron chi connectivity index (χ3n) is 4.44. The Morgan fingerprint density at radius 2 is 2.00 bits per heavy atom. The molecule has 2 saturated heterocycles. The van der Waals surface area contributed by atoms with Crippen molar-refractivity contribution in [2.45, 2.75) is 63.6 Å². The van der Waals surface area contributed by atoms with Gasteiger partial charge in [0, 0.05) is 18.5 Å². The molecular weight excluding hydrogens is 256 g/mol. The first-order valence-corrected chi connectivity index (χ1v) is 7.31. The lowest BCUT2D eigenvalue weighted by Crippen LogP contribution is -2.52. The highest BCUT2D eigenvalue weighted by atomic mass is 16.4. The van der Waals surface area contributed by atoms with E-state index < -0.39 is 5.97 Å². The summed E-state index contributed by atoms with van der Waals surface area (Å²) in [6.07, 6.45) is 9.84. The number of carboxylic acid groups (broad SMARTS) is 1. The van der Waals surface area contributed by atoms with Gasteiger partial charge in [-0.2, -0.15) is 0 Å². The summed E-state index contributed by atoms with van der Waals surface area (Å²) in [6, 6.07) is 0.0384. The second-order valence-electron chi connectivity index (χ2n) is 5.80. The van der Waals surface area contributed by atoms with Gasteiger partial charge in [-0.1, -0.05) is 12.8 Å². The maximum absolute atomic E-state index is 12.3. The van der Waals surface area contributed by atoms with Crippen LogP contribution in [0.2, 0.25) is 0 Å². The number of amides is 2. The minimum absolute atomic E-state index is 0.0870. The number of fused-ring (bicyclic) bond motifs is 2. The number of nitrogens with one attached hydrogen (secondary N) is 1. The largest absolute Gasteiger partial charge is 0.481 e. The van der Waals surface area contributed by atoms with Gasteiger partial charge in [-0.15, -0.1) is 6.42 Å². The molecule has 0 aromatic rings. The van der Waals surface area contributed by atoms with Crippen molar-refractivity contribution in [3.05, 3.63) is 0 Å². The Morgan fingerprint density at radius 3 is 2.45 bits per heavy atom. The third-order valence-corrected chi connectivity index (χ3v) is 4.44. The summed E-state index contributed by atoms with van der Waals surface area (Å²) < 4.78 is 0. The third kappa shape index (κ3) is 3.06. The van der Waals surface area contributed by atoms with E-state index in [1.54, 1.807) is 0 Å². The number of urea groups is 1. The summed E-state index contributed by atoms with van der Waals surface area (Å²) in [7, 11) is 0. The molecule has 0 spiro atoms. The van der Waals surface area contributed by atoms with Gasteiger partial charge in [0.25, 0.3) is 0 Å². The molecule has 20 heavy (non-hydrogen) atoms. The van der Waals surface area contributed by atoms with Crippen LogP contribution in [0, 0.1) is 18.3 Å². The van der Waals surface area contributed by atoms with Crippen molar-refractivity contribution in [2.75, 3.05) is 0 Å². The van der Waals surface area contributed by atoms with Gasteiger partial charge in [0.15, 0.2) is 0 Å². The van der Waals surface area contributed by atoms with Crippen LogP contribution in [0.1, 0.15) is 45.4 Å². The van der Waals surface area contributed by atoms with Crippen molar-refractivity contribution in [3.8, 4) is 12.3 Å². The number of carboxylic acids is 1. The molecule has 2 aliphatic heterocycles. The molecule has 2 heterocycles. The smallest absolute Gasteiger partial charge is 0.318 e. The number of piperidine rings is 1. The normalized spacial score (nSPS) is 29.6. The lowest BCUT2D eigenvalue weighted by molar-refractivity contribution is -0.138. The highest BCUT2D eigenvalue weighted by Gasteiger charge is 2.43. The second-order valence-corrected chi connectivity index (χ2v) is 5.80. The first kappa shape index (κ1) is 14.7. The number of hydrogen-bond acceptors (Lipinski definition) is 2. The van der Waals surface area contributed by atoms with Gasteiger partial charge in [-0.25, -0.2) is 4.79 Å². The van der Waals surface area contributed by atoms with Crippen molar-refractivity contribution >= 4 is 12.0 Å². The first-order chi connectivity index (χ1) is 9.55. The zero-order chi connectivity index (χ0) is 14.7. The molecule has 2 rings (SSSR count). The molecule has 0 aliphatic carbocycles. The Bertz CT molecular complexity index is 415. The van der Waals surface area contributed by atoms with Gasteiger partial charge < -0.3 is 15.3 Å². The van der Waals surface area contributed by atoms with Gasteiger partial charge in [-0.05, 0) is 38.0 Å². The van der Waals surface area contributed by atoms with Crippen LogP contribution in [0.3, 0.4) is 0 Å². The highest BCUT2D eigenvalue weighted by Crippen LogP contribution is 2.39. The molecule has 5 nitrogen and oxygen atoms in total. The van der Waals surface area contributed by atoms with Crippen LogP contribution in [-0.4, -0.2) is 40.1 Å². The van der Waals surface area contributed by atoms with E-state index in [1.807, 2.05) is 11.8 Å². The predicted octanol–water partition coefficient (Wildman–Crippen LogP) is 1.83. The number of aliphatic carboxylic acids is 1. The Labute approximate surface area is 119 Å². The Kier molecular flexibility index (Phi) is 4.53. The minimum atomic E-state index is -0.745. The topological polar surface area (TPSA) is 69.6 Å². The summed E-state index contributed by atoms with van der Waals surface area (Å²) in [5, 5.41) is 11.8. The van der Waals surface area contributed by atoms with Crippen LogP contribution in [0.5, 0.6) is 0 Å². The van der Waals surface area contributed by atoms with Gasteiger partial charge >= 0.3 is 12.0 Å². The van der Waals surface area contributed by atoms with E-state index in [9.17, 15) is 9.59 Å². The minimum Gasteiger partial charge on any atom is -0.481 e. The molecule has 0 saturated carbocycles. The Balaban J connectivity index is 1.97. The van der Waals surface area contributed by atoms with E-state index >= 15 is 0 Å². The Morgan fingerprint density at radius 1 is 1.40 bits per heavy atom. The number of carbonyl (C=O) groups excluding carboxylic acids is 1. The van der Waals surface area contributed by atoms with E-state index in [0.717, 1.165) is 25.7 Å². The van der Waals surface area contributed by atoms with Crippen molar-refractivity contribution < 1.29 is 14.7 Å². The number of nitrogens with zero attached hydrogens (tertiary/aromatic N) is 1. The highest BCUT2D eigenvalue weighted by molar-refractivity contribution is 5.76. The molecule has 2 fully saturated rings. The molecule has 2 bridgehead atoms. The van der Waals surface area contributed by atoms with Crippen LogP contribution < -0.4 is 5.32 Å². The maximum Gasteiger partial charge on any atom is 0.318 e. The van der Waals surface area contributed by atoms with Crippen LogP contribution in [0.4, 0.5) is 4.79 Å². The van der Waals surface area contributed by atoms with Gasteiger partial charge in [0.05, 0.1) is 6.04 Å². The fourth-order valence-electron chi connectivity index (χ4n) is 3.52. The summed E-state index contributed by atoms with van der Waals surface area (Å²) >= 11 is 0. The first-order valence-electron chi connectivity index (χ1n) is 7.31. The van der Waals surface area contributed by atoms with Gasteiger partial charge in [0.2, 0.25) is 0 Å². The predicted molar refractivity (Wildman–Crippen MR) is 75.1 cm³/mol. The molecule has 5 heteroatoms. The van der Waals surface area contributed by atoms with Crippen LogP contribution in [0.25, 0.3) is 0 Å². The molecule has 2 aliphatic rings. The SMILES string of the molecule is C#CC(CC)NC(=O)N1C2CCC1CC(CC(=O)O)C2. The van der Waals surface area contributed by atoms with Crippen molar-refractivity contribution in [3.63, 3.8) is 0 Å². The summed E-state index contributed by atoms with van der Waals surface area (Å²) in [5.74, 6) is 2.02. The number of carbonyl (C=O) groups is 2. The van der Waals surface area contributed by atoms with E-state index in [2.05, 4.69) is 11.2 Å². The number of hydrogen-bond donors (Lipinski definition) is 2. The zero-order valence-electron chi connectivity index (χ0n) is 11.8. The number of terminal acetylenes is 1. The summed E-state index contributed by atoms with van der Waals surface area (Å²) in [5.41, 5.74) is 0.